The molecule has 1 aromatic carbocycles. The molecule has 1 saturated carbocycles. The Morgan fingerprint density at radius 2 is 1.50 bits per heavy atom. The molecule has 0 unspecified atom stereocenters. The largest absolute Gasteiger partial charge is 0 e. The van der Waals surface area contributed by atoms with Gasteiger partial charge in [-0.2, -0.15) is 0 Å². The van der Waals surface area contributed by atoms with Crippen LogP contribution >= 0.6 is 0 Å². The van der Waals surface area contributed by atoms with Gasteiger partial charge in [-0.1, -0.05) is 0 Å². The molecule has 0 spiro atoms. The maximum absolute atomic E-state index is 10.5. The van der Waals surface area contributed by atoms with E-state index in [-0.39, 0.29) is 17.4 Å². The van der Waals surface area contributed by atoms with Crippen molar-refractivity contribution in [2.45, 2.75) is 44.1 Å². The Balaban J connectivity index is 0. The van der Waals surface area contributed by atoms with Crippen molar-refractivity contribution in [2.75, 3.05) is 14.2 Å². The van der Waals surface area contributed by atoms with E-state index in [1.165, 1.54) is 11.1 Å². The molecule has 3 rings (SSSR count). The molecule has 2 aliphatic rings. The zero-order valence-corrected chi connectivity index (χ0v) is 16.3. The summed E-state index contributed by atoms with van der Waals surface area (Å²) in [5, 5.41) is 10.5. The summed E-state index contributed by atoms with van der Waals surface area (Å²) < 4.78 is 33.3. The van der Waals surface area contributed by atoms with E-state index < -0.39 is 5.60 Å². The molecule has 0 bridgehead atoms. The van der Waals surface area contributed by atoms with Crippen LogP contribution in [0.25, 0.3) is 0 Å². The van der Waals surface area contributed by atoms with Crippen molar-refractivity contribution in [1.82, 2.24) is 0 Å². The first-order valence-corrected chi connectivity index (χ1v) is 7.65. The molecular formula is C19H22CrO6. The molecule has 0 aromatic heterocycles. The Hall–Kier alpha value is -1.47. The first-order chi connectivity index (χ1) is 12.1. The normalized spacial score (nSPS) is 24.1. The van der Waals surface area contributed by atoms with Gasteiger partial charge in [0.25, 0.3) is 0 Å². The first kappa shape index (κ1) is 26.8. The molecule has 0 radical (unpaired) electrons. The summed E-state index contributed by atoms with van der Waals surface area (Å²) in [6.45, 7) is 15.5. The molecule has 1 fully saturated rings. The standard InChI is InChI=1S/C16H22O3.3CO.Cr/c1-16(17)7-6-11-12-9-15(19-3)14(18-2)8-10(12)4-5-13(11)16;3*1-2;/h8-9,11,13,17H,4-7H2,1-3H3;;;;/t11-,13+,16+;;;;/m1..../s1. The van der Waals surface area contributed by atoms with Crippen LogP contribution in [0.5, 0.6) is 11.5 Å². The zero-order chi connectivity index (χ0) is 19.6. The van der Waals surface area contributed by atoms with Crippen LogP contribution in [0.3, 0.4) is 0 Å². The summed E-state index contributed by atoms with van der Waals surface area (Å²) in [4.78, 5) is 0. The minimum absolute atomic E-state index is 0. The van der Waals surface area contributed by atoms with Crippen molar-refractivity contribution < 1.29 is 45.9 Å². The van der Waals surface area contributed by atoms with Gasteiger partial charge in [0.15, 0.2) is 11.5 Å². The molecular weight excluding hydrogens is 376 g/mol. The minimum Gasteiger partial charge on any atom is 0 e. The number of aliphatic hydroxyl groups is 1. The van der Waals surface area contributed by atoms with Crippen molar-refractivity contribution >= 4 is 0 Å². The molecule has 2 aliphatic carbocycles. The average molecular weight is 398 g/mol. The van der Waals surface area contributed by atoms with Gasteiger partial charge < -0.3 is 14.6 Å². The van der Waals surface area contributed by atoms with Crippen LogP contribution in [0.15, 0.2) is 12.1 Å². The fourth-order valence-electron chi connectivity index (χ4n) is 3.96. The van der Waals surface area contributed by atoms with Gasteiger partial charge in [0.1, 0.15) is 0 Å². The quantitative estimate of drug-likeness (QED) is 0.613. The van der Waals surface area contributed by atoms with E-state index in [2.05, 4.69) is 32.1 Å². The summed E-state index contributed by atoms with van der Waals surface area (Å²) in [7, 11) is 3.35. The van der Waals surface area contributed by atoms with Gasteiger partial charge in [-0.15, -0.1) is 0 Å². The van der Waals surface area contributed by atoms with Crippen molar-refractivity contribution in [3.63, 3.8) is 0 Å². The van der Waals surface area contributed by atoms with Gasteiger partial charge in [0.2, 0.25) is 0 Å². The average Bonchev–Trinajstić information content (AvgIpc) is 3.00. The SMILES string of the molecule is COc1cc2c(cc1OC)[C@H]1CC[C@](C)(O)[C@H]1CC2.[C-]#[O+].[C-]#[O+].[C-]#[O+].[Cr]. The molecule has 1 aromatic rings. The van der Waals surface area contributed by atoms with Gasteiger partial charge in [-0.25, -0.2) is 0 Å². The Morgan fingerprint density at radius 3 is 2.00 bits per heavy atom. The monoisotopic (exact) mass is 398 g/mol. The second kappa shape index (κ2) is 12.8. The molecule has 3 atom stereocenters. The van der Waals surface area contributed by atoms with E-state index in [0.29, 0.717) is 11.8 Å². The third kappa shape index (κ3) is 5.51. The predicted octanol–water partition coefficient (Wildman–Crippen LogP) is 2.78. The van der Waals surface area contributed by atoms with Gasteiger partial charge in [-0.05, 0) is 67.7 Å². The molecule has 140 valence electrons. The fourth-order valence-corrected chi connectivity index (χ4v) is 3.96. The van der Waals surface area contributed by atoms with Crippen LogP contribution in [0, 0.1) is 25.9 Å². The smallest absolute Gasteiger partial charge is 0 e. The van der Waals surface area contributed by atoms with E-state index in [1.807, 2.05) is 6.92 Å². The molecule has 6 nitrogen and oxygen atoms in total. The third-order valence-electron chi connectivity index (χ3n) is 5.02. The van der Waals surface area contributed by atoms with Crippen LogP contribution in [-0.2, 0) is 37.7 Å². The molecule has 0 amide bonds. The number of rotatable bonds is 2. The summed E-state index contributed by atoms with van der Waals surface area (Å²) >= 11 is 0. The van der Waals surface area contributed by atoms with Crippen molar-refractivity contribution in [3.8, 4) is 11.5 Å². The number of ether oxygens (including phenoxy) is 2. The summed E-state index contributed by atoms with van der Waals surface area (Å²) in [6.07, 6.45) is 4.06. The van der Waals surface area contributed by atoms with Crippen molar-refractivity contribution in [2.24, 2.45) is 5.92 Å². The Bertz CT molecular complexity index is 606. The van der Waals surface area contributed by atoms with E-state index in [9.17, 15) is 5.11 Å². The van der Waals surface area contributed by atoms with Crippen LogP contribution in [-0.4, -0.2) is 24.9 Å². The second-order valence-electron chi connectivity index (χ2n) is 6.05. The Morgan fingerprint density at radius 1 is 1.00 bits per heavy atom. The number of hydrogen-bond donors (Lipinski definition) is 1. The van der Waals surface area contributed by atoms with Gasteiger partial charge in [-0.3, -0.25) is 0 Å². The van der Waals surface area contributed by atoms with Crippen LogP contribution in [0.2, 0.25) is 0 Å². The maximum Gasteiger partial charge on any atom is 0 e. The number of fused-ring (bicyclic) bond motifs is 3. The maximum atomic E-state index is 10.5. The van der Waals surface area contributed by atoms with Crippen LogP contribution < -0.4 is 9.47 Å². The van der Waals surface area contributed by atoms with Gasteiger partial charge in [0, 0.05) is 17.4 Å². The molecule has 1 N–H and O–H groups in total. The summed E-state index contributed by atoms with van der Waals surface area (Å²) in [5.41, 5.74) is 2.21. The third-order valence-corrected chi connectivity index (χ3v) is 5.02. The molecule has 26 heavy (non-hydrogen) atoms. The molecule has 0 heterocycles. The van der Waals surface area contributed by atoms with E-state index in [0.717, 1.165) is 37.2 Å². The van der Waals surface area contributed by atoms with Crippen molar-refractivity contribution in [1.29, 1.82) is 0 Å². The van der Waals surface area contributed by atoms with Gasteiger partial charge >= 0.3 is 33.9 Å². The first-order valence-electron chi connectivity index (χ1n) is 7.65. The van der Waals surface area contributed by atoms with Crippen LogP contribution in [0.4, 0.5) is 0 Å². The van der Waals surface area contributed by atoms with Crippen LogP contribution in [0.1, 0.15) is 43.2 Å². The van der Waals surface area contributed by atoms with Gasteiger partial charge in [0.05, 0.1) is 19.8 Å². The van der Waals surface area contributed by atoms with E-state index in [1.54, 1.807) is 14.2 Å². The van der Waals surface area contributed by atoms with E-state index in [4.69, 9.17) is 23.4 Å². The summed E-state index contributed by atoms with van der Waals surface area (Å²) in [6, 6.07) is 4.23. The number of aryl methyl sites for hydroxylation is 1. The Kier molecular flexibility index (Phi) is 13.2. The number of hydrogen-bond acceptors (Lipinski definition) is 3. The molecule has 0 saturated heterocycles. The predicted molar refractivity (Wildman–Crippen MR) is 85.7 cm³/mol. The summed E-state index contributed by atoms with van der Waals surface area (Å²) in [5.74, 6) is 2.47. The number of methoxy groups -OCH3 is 2. The topological polar surface area (TPSA) is 98.4 Å². The second-order valence-corrected chi connectivity index (χ2v) is 6.05. The fraction of sp³-hybridized carbons (Fsp3) is 0.526. The van der Waals surface area contributed by atoms with E-state index >= 15 is 0 Å². The number of benzene rings is 1. The zero-order valence-electron chi connectivity index (χ0n) is 15.0. The Labute approximate surface area is 165 Å². The molecule has 0 aliphatic heterocycles. The minimum atomic E-state index is -0.504. The van der Waals surface area contributed by atoms with Crippen molar-refractivity contribution in [3.05, 3.63) is 43.2 Å². The molecule has 7 heteroatoms.